The van der Waals surface area contributed by atoms with Crippen molar-refractivity contribution in [3.63, 3.8) is 0 Å². The molecule has 0 saturated heterocycles. The molecule has 0 spiro atoms. The summed E-state index contributed by atoms with van der Waals surface area (Å²) < 4.78 is 0. The van der Waals surface area contributed by atoms with Gasteiger partial charge in [0.15, 0.2) is 0 Å². The predicted molar refractivity (Wildman–Crippen MR) is 58.6 cm³/mol. The summed E-state index contributed by atoms with van der Waals surface area (Å²) >= 11 is 0. The van der Waals surface area contributed by atoms with E-state index in [2.05, 4.69) is 38.0 Å². The van der Waals surface area contributed by atoms with Gasteiger partial charge >= 0.3 is 0 Å². The Morgan fingerprint density at radius 1 is 1.43 bits per heavy atom. The quantitative estimate of drug-likeness (QED) is 0.381. The highest BCUT2D eigenvalue weighted by atomic mass is 16.2. The van der Waals surface area contributed by atoms with E-state index >= 15 is 0 Å². The third kappa shape index (κ3) is 4.07. The normalized spacial score (nSPS) is 11.9. The fraction of sp³-hybridized carbons (Fsp3) is 0.900. The number of hydrogen-bond donors (Lipinski definition) is 2. The molecule has 0 saturated carbocycles. The van der Waals surface area contributed by atoms with Crippen molar-refractivity contribution in [2.75, 3.05) is 13.1 Å². The van der Waals surface area contributed by atoms with Crippen LogP contribution in [0.2, 0.25) is 0 Å². The second-order valence-electron chi connectivity index (χ2n) is 4.16. The molecule has 84 valence electrons. The molecule has 0 atom stereocenters. The number of carbonyl (C=O) groups is 1. The van der Waals surface area contributed by atoms with E-state index in [4.69, 9.17) is 5.84 Å². The molecule has 0 aliphatic rings. The molecular formula is C10H23N3O. The van der Waals surface area contributed by atoms with Gasteiger partial charge in [-0.2, -0.15) is 0 Å². The van der Waals surface area contributed by atoms with Crippen molar-refractivity contribution in [3.8, 4) is 0 Å². The zero-order valence-corrected chi connectivity index (χ0v) is 9.76. The molecule has 3 N–H and O–H groups in total. The van der Waals surface area contributed by atoms with Gasteiger partial charge in [0.1, 0.15) is 0 Å². The Hall–Kier alpha value is -0.610. The van der Waals surface area contributed by atoms with E-state index in [1.807, 2.05) is 0 Å². The number of hydrazine groups is 1. The Labute approximate surface area is 86.8 Å². The van der Waals surface area contributed by atoms with Crippen LogP contribution in [0.1, 0.15) is 40.5 Å². The summed E-state index contributed by atoms with van der Waals surface area (Å²) in [5, 5.41) is 0. The fourth-order valence-corrected chi connectivity index (χ4v) is 1.31. The summed E-state index contributed by atoms with van der Waals surface area (Å²) in [6, 6.07) is 0. The van der Waals surface area contributed by atoms with E-state index in [1.165, 1.54) is 0 Å². The van der Waals surface area contributed by atoms with Gasteiger partial charge in [0.2, 0.25) is 5.91 Å². The van der Waals surface area contributed by atoms with Gasteiger partial charge in [-0.25, -0.2) is 5.84 Å². The highest BCUT2D eigenvalue weighted by Gasteiger charge is 2.25. The van der Waals surface area contributed by atoms with Gasteiger partial charge in [-0.15, -0.1) is 0 Å². The van der Waals surface area contributed by atoms with Crippen LogP contribution in [0.4, 0.5) is 0 Å². The molecule has 14 heavy (non-hydrogen) atoms. The van der Waals surface area contributed by atoms with Crippen molar-refractivity contribution in [3.05, 3.63) is 0 Å². The molecular weight excluding hydrogens is 178 g/mol. The molecule has 4 heteroatoms. The minimum atomic E-state index is -0.125. The maximum atomic E-state index is 11.2. The van der Waals surface area contributed by atoms with E-state index in [9.17, 15) is 4.79 Å². The van der Waals surface area contributed by atoms with E-state index in [0.717, 1.165) is 19.4 Å². The zero-order valence-electron chi connectivity index (χ0n) is 9.76. The highest BCUT2D eigenvalue weighted by molar-refractivity contribution is 5.77. The van der Waals surface area contributed by atoms with Crippen molar-refractivity contribution in [1.82, 2.24) is 10.3 Å². The predicted octanol–water partition coefficient (Wildman–Crippen LogP) is 0.877. The first-order chi connectivity index (χ1) is 6.47. The average molecular weight is 201 g/mol. The number of nitrogens with zero attached hydrogens (tertiary/aromatic N) is 1. The summed E-state index contributed by atoms with van der Waals surface area (Å²) in [6.45, 7) is 9.83. The van der Waals surface area contributed by atoms with Crippen molar-refractivity contribution >= 4 is 5.91 Å². The minimum absolute atomic E-state index is 0.0581. The first-order valence-corrected chi connectivity index (χ1v) is 5.22. The molecule has 0 bridgehead atoms. The molecule has 0 aromatic carbocycles. The Morgan fingerprint density at radius 3 is 2.36 bits per heavy atom. The molecule has 0 aliphatic carbocycles. The molecule has 0 heterocycles. The van der Waals surface area contributed by atoms with Crippen LogP contribution in [0.15, 0.2) is 0 Å². The third-order valence-corrected chi connectivity index (χ3v) is 2.71. The van der Waals surface area contributed by atoms with Gasteiger partial charge in [-0.3, -0.25) is 15.1 Å². The van der Waals surface area contributed by atoms with Crippen LogP contribution in [0.5, 0.6) is 0 Å². The summed E-state index contributed by atoms with van der Waals surface area (Å²) in [6.07, 6.45) is 2.06. The largest absolute Gasteiger partial charge is 0.293 e. The molecule has 4 nitrogen and oxygen atoms in total. The zero-order chi connectivity index (χ0) is 11.2. The lowest BCUT2D eigenvalue weighted by atomic mass is 9.99. The minimum Gasteiger partial charge on any atom is -0.293 e. The van der Waals surface area contributed by atoms with Gasteiger partial charge in [-0.1, -0.05) is 13.8 Å². The first kappa shape index (κ1) is 13.4. The molecule has 1 amide bonds. The molecule has 0 aromatic heterocycles. The Kier molecular flexibility index (Phi) is 5.72. The smallest absolute Gasteiger partial charge is 0.248 e. The highest BCUT2D eigenvalue weighted by Crippen LogP contribution is 2.18. The van der Waals surface area contributed by atoms with Crippen LogP contribution in [-0.2, 0) is 4.79 Å². The van der Waals surface area contributed by atoms with Crippen molar-refractivity contribution in [2.24, 2.45) is 5.84 Å². The Bertz CT molecular complexity index is 180. The first-order valence-electron chi connectivity index (χ1n) is 5.22. The van der Waals surface area contributed by atoms with Crippen LogP contribution < -0.4 is 11.3 Å². The van der Waals surface area contributed by atoms with Crippen molar-refractivity contribution in [2.45, 2.75) is 46.1 Å². The summed E-state index contributed by atoms with van der Waals surface area (Å²) in [7, 11) is 0. The van der Waals surface area contributed by atoms with E-state index in [-0.39, 0.29) is 11.4 Å². The molecule has 0 rings (SSSR count). The monoisotopic (exact) mass is 201 g/mol. The van der Waals surface area contributed by atoms with Crippen LogP contribution in [0.3, 0.4) is 0 Å². The van der Waals surface area contributed by atoms with E-state index in [0.29, 0.717) is 6.54 Å². The Balaban J connectivity index is 4.35. The Morgan fingerprint density at radius 2 is 2.00 bits per heavy atom. The van der Waals surface area contributed by atoms with Gasteiger partial charge in [0, 0.05) is 5.54 Å². The maximum absolute atomic E-state index is 11.2. The lowest BCUT2D eigenvalue weighted by Gasteiger charge is -2.37. The van der Waals surface area contributed by atoms with Gasteiger partial charge < -0.3 is 0 Å². The maximum Gasteiger partial charge on any atom is 0.248 e. The van der Waals surface area contributed by atoms with E-state index < -0.39 is 0 Å². The molecule has 0 fully saturated rings. The number of hydrogen-bond acceptors (Lipinski definition) is 3. The number of nitrogens with one attached hydrogen (secondary N) is 1. The van der Waals surface area contributed by atoms with Gasteiger partial charge in [0.05, 0.1) is 6.54 Å². The lowest BCUT2D eigenvalue weighted by molar-refractivity contribution is -0.123. The third-order valence-electron chi connectivity index (χ3n) is 2.71. The summed E-state index contributed by atoms with van der Waals surface area (Å²) in [5.41, 5.74) is 2.23. The molecule has 0 unspecified atom stereocenters. The second kappa shape index (κ2) is 5.98. The van der Waals surface area contributed by atoms with Gasteiger partial charge in [0.25, 0.3) is 0 Å². The van der Waals surface area contributed by atoms with Crippen LogP contribution in [0, 0.1) is 0 Å². The van der Waals surface area contributed by atoms with Crippen molar-refractivity contribution < 1.29 is 4.79 Å². The van der Waals surface area contributed by atoms with Crippen molar-refractivity contribution in [1.29, 1.82) is 0 Å². The number of carbonyl (C=O) groups excluding carboxylic acids is 1. The van der Waals surface area contributed by atoms with Gasteiger partial charge in [-0.05, 0) is 33.2 Å². The number of rotatable bonds is 6. The van der Waals surface area contributed by atoms with Crippen LogP contribution in [0.25, 0.3) is 0 Å². The average Bonchev–Trinajstić information content (AvgIpc) is 2.17. The van der Waals surface area contributed by atoms with E-state index in [1.54, 1.807) is 0 Å². The standard InChI is InChI=1S/C10H23N3O/c1-5-7-13(8-9(14)12-11)10(3,4)6-2/h5-8,11H2,1-4H3,(H,12,14). The summed E-state index contributed by atoms with van der Waals surface area (Å²) in [5.74, 6) is 4.95. The fourth-order valence-electron chi connectivity index (χ4n) is 1.31. The summed E-state index contributed by atoms with van der Waals surface area (Å²) in [4.78, 5) is 13.3. The molecule has 0 aromatic rings. The number of nitrogens with two attached hydrogens (primary N) is 1. The SMILES string of the molecule is CCCN(CC(=O)NN)C(C)(C)CC. The van der Waals surface area contributed by atoms with Crippen LogP contribution in [-0.4, -0.2) is 29.4 Å². The topological polar surface area (TPSA) is 58.4 Å². The number of amides is 1. The molecule has 0 aliphatic heterocycles. The molecule has 0 radical (unpaired) electrons. The van der Waals surface area contributed by atoms with Crippen LogP contribution >= 0.6 is 0 Å². The second-order valence-corrected chi connectivity index (χ2v) is 4.16. The lowest BCUT2D eigenvalue weighted by Crippen LogP contribution is -2.50.